The first-order chi connectivity index (χ1) is 20.7. The number of carbonyl (C=O) groups excluding carboxylic acids is 4. The fourth-order valence-electron chi connectivity index (χ4n) is 6.35. The summed E-state index contributed by atoms with van der Waals surface area (Å²) in [5.74, 6) is -5.85. The van der Waals surface area contributed by atoms with Gasteiger partial charge in [-0.3, -0.25) is 19.2 Å². The number of fused-ring (bicyclic) bond motifs is 3. The van der Waals surface area contributed by atoms with Gasteiger partial charge in [-0.05, 0) is 37.6 Å². The van der Waals surface area contributed by atoms with Crippen molar-refractivity contribution in [2.75, 3.05) is 14.2 Å². The maximum absolute atomic E-state index is 14.2. The number of aliphatic hydroxyl groups excluding tert-OH is 2. The summed E-state index contributed by atoms with van der Waals surface area (Å²) in [6.07, 6.45) is -4.05. The van der Waals surface area contributed by atoms with E-state index in [1.807, 2.05) is 0 Å². The number of phenols is 3. The minimum absolute atomic E-state index is 0.0104. The molecular weight excluding hydrogens is 576 g/mol. The molecule has 44 heavy (non-hydrogen) atoms. The number of ketones is 4. The summed E-state index contributed by atoms with van der Waals surface area (Å²) in [5.41, 5.74) is -5.50. The molecule has 12 nitrogen and oxygen atoms in total. The van der Waals surface area contributed by atoms with Crippen LogP contribution in [0.4, 0.5) is 0 Å². The second kappa shape index (κ2) is 9.48. The fraction of sp³-hybridized carbons (Fsp3) is 0.250. The third-order valence-corrected chi connectivity index (χ3v) is 8.56. The highest BCUT2D eigenvalue weighted by Crippen LogP contribution is 2.54. The Bertz CT molecular complexity index is 1930. The minimum atomic E-state index is -2.01. The molecule has 0 aliphatic heterocycles. The molecule has 0 fully saturated rings. The van der Waals surface area contributed by atoms with Gasteiger partial charge in [0.1, 0.15) is 34.9 Å². The van der Waals surface area contributed by atoms with Gasteiger partial charge in [0.25, 0.3) is 0 Å². The summed E-state index contributed by atoms with van der Waals surface area (Å²) in [7, 11) is 2.37. The maximum atomic E-state index is 14.2. The van der Waals surface area contributed by atoms with Gasteiger partial charge < -0.3 is 40.1 Å². The molecule has 0 radical (unpaired) electrons. The van der Waals surface area contributed by atoms with Crippen molar-refractivity contribution in [3.05, 3.63) is 74.4 Å². The lowest BCUT2D eigenvalue weighted by molar-refractivity contribution is -0.0758. The van der Waals surface area contributed by atoms with Crippen LogP contribution < -0.4 is 9.47 Å². The Morgan fingerprint density at radius 1 is 0.682 bits per heavy atom. The van der Waals surface area contributed by atoms with Crippen molar-refractivity contribution in [3.8, 4) is 39.9 Å². The van der Waals surface area contributed by atoms with Crippen LogP contribution in [0.3, 0.4) is 0 Å². The SMILES string of the molecule is COc1cc2c(c(O)c1-c1c(OC)cc(O)c3c1C(=O)C1=C(C3=O)C(O)C[C@@](C)(O)[C@H]1O)C(=O)c1cc(O)c(C)cc1C2=O. The Balaban J connectivity index is 1.70. The summed E-state index contributed by atoms with van der Waals surface area (Å²) < 4.78 is 10.9. The van der Waals surface area contributed by atoms with Gasteiger partial charge in [0, 0.05) is 51.5 Å². The van der Waals surface area contributed by atoms with E-state index in [1.165, 1.54) is 33.3 Å². The lowest BCUT2D eigenvalue weighted by atomic mass is 9.68. The van der Waals surface area contributed by atoms with Crippen LogP contribution in [0.5, 0.6) is 28.7 Å². The molecule has 0 amide bonds. The first-order valence-corrected chi connectivity index (χ1v) is 13.4. The molecule has 0 heterocycles. The molecule has 6 N–H and O–H groups in total. The van der Waals surface area contributed by atoms with Gasteiger partial charge in [-0.2, -0.15) is 0 Å². The number of methoxy groups -OCH3 is 2. The second-order valence-electron chi connectivity index (χ2n) is 11.3. The number of ether oxygens (including phenoxy) is 2. The van der Waals surface area contributed by atoms with E-state index < -0.39 is 86.7 Å². The van der Waals surface area contributed by atoms with Crippen LogP contribution in [0.2, 0.25) is 0 Å². The molecule has 6 rings (SSSR count). The smallest absolute Gasteiger partial charge is 0.198 e. The molecule has 3 aromatic carbocycles. The zero-order valence-electron chi connectivity index (χ0n) is 23.8. The fourth-order valence-corrected chi connectivity index (χ4v) is 6.35. The lowest BCUT2D eigenvalue weighted by Crippen LogP contribution is -2.52. The van der Waals surface area contributed by atoms with Crippen LogP contribution in [-0.4, -0.2) is 85.8 Å². The molecule has 0 bridgehead atoms. The quantitative estimate of drug-likeness (QED) is 0.199. The Labute approximate surface area is 249 Å². The normalized spacial score (nSPS) is 22.3. The highest BCUT2D eigenvalue weighted by molar-refractivity contribution is 6.33. The average molecular weight is 603 g/mol. The second-order valence-corrected chi connectivity index (χ2v) is 11.3. The molecule has 3 aromatic rings. The van der Waals surface area contributed by atoms with E-state index in [2.05, 4.69) is 0 Å². The number of aliphatic hydroxyl groups is 3. The van der Waals surface area contributed by atoms with Crippen LogP contribution in [-0.2, 0) is 0 Å². The Hall–Kier alpha value is -5.04. The van der Waals surface area contributed by atoms with Crippen LogP contribution in [0.1, 0.15) is 71.5 Å². The van der Waals surface area contributed by atoms with E-state index in [1.54, 1.807) is 6.92 Å². The molecule has 226 valence electrons. The van der Waals surface area contributed by atoms with Crippen molar-refractivity contribution in [2.45, 2.75) is 38.1 Å². The number of phenolic OH excluding ortho intramolecular Hbond substituents is 3. The zero-order chi connectivity index (χ0) is 32.2. The largest absolute Gasteiger partial charge is 0.508 e. The Kier molecular flexibility index (Phi) is 6.26. The van der Waals surface area contributed by atoms with Gasteiger partial charge in [-0.15, -0.1) is 0 Å². The van der Waals surface area contributed by atoms with E-state index in [0.29, 0.717) is 5.56 Å². The number of hydrogen-bond acceptors (Lipinski definition) is 12. The summed E-state index contributed by atoms with van der Waals surface area (Å²) in [6, 6.07) is 4.63. The molecular formula is C32H26O12. The third-order valence-electron chi connectivity index (χ3n) is 8.56. The van der Waals surface area contributed by atoms with Gasteiger partial charge in [0.15, 0.2) is 23.1 Å². The number of carbonyl (C=O) groups is 4. The van der Waals surface area contributed by atoms with Gasteiger partial charge >= 0.3 is 0 Å². The zero-order valence-corrected chi connectivity index (χ0v) is 23.8. The number of hydrogen-bond donors (Lipinski definition) is 6. The predicted molar refractivity (Wildman–Crippen MR) is 151 cm³/mol. The molecule has 0 saturated carbocycles. The van der Waals surface area contributed by atoms with Gasteiger partial charge in [-0.1, -0.05) is 0 Å². The molecule has 3 atom stereocenters. The van der Waals surface area contributed by atoms with E-state index in [4.69, 9.17) is 9.47 Å². The molecule has 0 spiro atoms. The van der Waals surface area contributed by atoms with Gasteiger partial charge in [0.2, 0.25) is 0 Å². The number of Topliss-reactive ketones (excluding diaryl/α,β-unsaturated/α-hetero) is 2. The monoisotopic (exact) mass is 602 g/mol. The molecule has 12 heteroatoms. The number of benzene rings is 3. The van der Waals surface area contributed by atoms with Gasteiger partial charge in [0.05, 0.1) is 42.6 Å². The number of rotatable bonds is 3. The summed E-state index contributed by atoms with van der Waals surface area (Å²) in [6.45, 7) is 2.73. The number of aromatic hydroxyl groups is 3. The van der Waals surface area contributed by atoms with Gasteiger partial charge in [-0.25, -0.2) is 0 Å². The van der Waals surface area contributed by atoms with Crippen LogP contribution in [0.25, 0.3) is 11.1 Å². The van der Waals surface area contributed by atoms with E-state index in [9.17, 15) is 49.8 Å². The molecule has 3 aliphatic carbocycles. The molecule has 3 aliphatic rings. The van der Waals surface area contributed by atoms with Crippen molar-refractivity contribution in [1.29, 1.82) is 0 Å². The summed E-state index contributed by atoms with van der Waals surface area (Å²) >= 11 is 0. The first kappa shape index (κ1) is 29.1. The van der Waals surface area contributed by atoms with Crippen LogP contribution in [0.15, 0.2) is 35.4 Å². The highest BCUT2D eigenvalue weighted by Gasteiger charge is 2.52. The van der Waals surface area contributed by atoms with Crippen LogP contribution in [0, 0.1) is 6.92 Å². The maximum Gasteiger partial charge on any atom is 0.198 e. The van der Waals surface area contributed by atoms with Crippen molar-refractivity contribution in [1.82, 2.24) is 0 Å². The standard InChI is InChI=1S/C32H26O12/c1-10-5-11-12(6-14(10)33)27(37)19-13(26(11)36)7-17(43-3)23(28(19)38)22-18(44-4)8-15(34)20-24(22)30(40)25-21(29(20)39)16(35)9-32(2,42)31(25)41/h5-8,16,31,33-35,38,41-42H,9H2,1-4H3/t16?,31-,32+/m0/s1. The van der Waals surface area contributed by atoms with Crippen molar-refractivity contribution < 1.29 is 59.3 Å². The molecule has 0 aromatic heterocycles. The number of aryl methyl sites for hydroxylation is 1. The van der Waals surface area contributed by atoms with E-state index >= 15 is 0 Å². The van der Waals surface area contributed by atoms with Crippen molar-refractivity contribution in [3.63, 3.8) is 0 Å². The first-order valence-electron chi connectivity index (χ1n) is 13.4. The minimum Gasteiger partial charge on any atom is -0.508 e. The van der Waals surface area contributed by atoms with Crippen LogP contribution >= 0.6 is 0 Å². The van der Waals surface area contributed by atoms with Crippen molar-refractivity contribution >= 4 is 23.1 Å². The molecule has 0 saturated heterocycles. The topological polar surface area (TPSA) is 208 Å². The van der Waals surface area contributed by atoms with E-state index in [-0.39, 0.29) is 45.1 Å². The third kappa shape index (κ3) is 3.68. The molecule has 1 unspecified atom stereocenters. The lowest BCUT2D eigenvalue weighted by Gasteiger charge is -2.40. The summed E-state index contributed by atoms with van der Waals surface area (Å²) in [4.78, 5) is 55.2. The Morgan fingerprint density at radius 2 is 1.27 bits per heavy atom. The van der Waals surface area contributed by atoms with E-state index in [0.717, 1.165) is 12.1 Å². The average Bonchev–Trinajstić information content (AvgIpc) is 2.96. The highest BCUT2D eigenvalue weighted by atomic mass is 16.5. The van der Waals surface area contributed by atoms with Crippen molar-refractivity contribution in [2.24, 2.45) is 0 Å². The summed E-state index contributed by atoms with van der Waals surface area (Å²) in [5, 5.41) is 65.3. The Morgan fingerprint density at radius 3 is 1.91 bits per heavy atom. The predicted octanol–water partition coefficient (Wildman–Crippen LogP) is 2.12.